The smallest absolute Gasteiger partial charge is 0.133 e. The fraction of sp³-hybridized carbons (Fsp3) is 0.500. The van der Waals surface area contributed by atoms with Crippen molar-refractivity contribution in [3.8, 4) is 5.75 Å². The molecule has 1 aromatic carbocycles. The van der Waals surface area contributed by atoms with Gasteiger partial charge in [-0.25, -0.2) is 0 Å². The number of phenols is 1. The molecule has 0 aliphatic heterocycles. The molecular formula is C12H16INO. The topological polar surface area (TPSA) is 32.3 Å². The molecule has 1 atom stereocenters. The summed E-state index contributed by atoms with van der Waals surface area (Å²) in [6, 6.07) is 2.17. The first kappa shape index (κ1) is 11.2. The fourth-order valence-corrected chi connectivity index (χ4v) is 3.22. The number of rotatable bonds is 2. The average molecular weight is 317 g/mol. The summed E-state index contributed by atoms with van der Waals surface area (Å²) in [6.45, 7) is 3.00. The number of nitrogens with one attached hydrogen (secondary N) is 1. The summed E-state index contributed by atoms with van der Waals surface area (Å²) in [5.74, 6) is 1.11. The number of phenolic OH excluding ortho intramolecular Hbond substituents is 1. The van der Waals surface area contributed by atoms with Gasteiger partial charge in [-0.2, -0.15) is 0 Å². The second-order valence-corrected chi connectivity index (χ2v) is 5.31. The molecule has 82 valence electrons. The summed E-state index contributed by atoms with van der Waals surface area (Å²) in [5.41, 5.74) is 3.82. The van der Waals surface area contributed by atoms with E-state index in [0.29, 0.717) is 11.7 Å². The van der Waals surface area contributed by atoms with E-state index in [4.69, 9.17) is 0 Å². The van der Waals surface area contributed by atoms with Gasteiger partial charge in [0.15, 0.2) is 0 Å². The minimum absolute atomic E-state index is 0.470. The fourth-order valence-electron chi connectivity index (χ4n) is 2.29. The van der Waals surface area contributed by atoms with Crippen LogP contribution in [-0.2, 0) is 13.0 Å². The summed E-state index contributed by atoms with van der Waals surface area (Å²) < 4.78 is 1.06. The summed E-state index contributed by atoms with van der Waals surface area (Å²) in [7, 11) is 1.91. The molecule has 0 bridgehead atoms. The Morgan fingerprint density at radius 1 is 1.60 bits per heavy atom. The van der Waals surface area contributed by atoms with Crippen LogP contribution in [0.3, 0.4) is 0 Å². The maximum atomic E-state index is 10.0. The molecule has 1 aromatic rings. The van der Waals surface area contributed by atoms with Crippen molar-refractivity contribution in [2.75, 3.05) is 7.05 Å². The molecule has 1 unspecified atom stereocenters. The average Bonchev–Trinajstić information content (AvgIpc) is 2.57. The predicted molar refractivity (Wildman–Crippen MR) is 70.3 cm³/mol. The molecule has 2 N–H and O–H groups in total. The van der Waals surface area contributed by atoms with E-state index in [9.17, 15) is 5.11 Å². The lowest BCUT2D eigenvalue weighted by Gasteiger charge is -2.12. The van der Waals surface area contributed by atoms with Gasteiger partial charge in [-0.15, -0.1) is 0 Å². The van der Waals surface area contributed by atoms with Crippen LogP contribution in [0, 0.1) is 3.57 Å². The molecular weight excluding hydrogens is 301 g/mol. The Balaban J connectivity index is 2.53. The van der Waals surface area contributed by atoms with E-state index in [0.717, 1.165) is 22.1 Å². The van der Waals surface area contributed by atoms with Gasteiger partial charge in [0.1, 0.15) is 5.75 Å². The molecule has 2 rings (SSSR count). The summed E-state index contributed by atoms with van der Waals surface area (Å²) in [4.78, 5) is 0. The maximum Gasteiger partial charge on any atom is 0.133 e. The van der Waals surface area contributed by atoms with Crippen molar-refractivity contribution >= 4 is 22.6 Å². The van der Waals surface area contributed by atoms with Crippen molar-refractivity contribution < 1.29 is 5.11 Å². The van der Waals surface area contributed by atoms with Crippen molar-refractivity contribution in [1.29, 1.82) is 0 Å². The van der Waals surface area contributed by atoms with Gasteiger partial charge in [0.2, 0.25) is 0 Å². The van der Waals surface area contributed by atoms with Crippen LogP contribution in [0.25, 0.3) is 0 Å². The second-order valence-electron chi connectivity index (χ2n) is 4.24. The quantitative estimate of drug-likeness (QED) is 0.822. The molecule has 0 saturated carbocycles. The Hall–Kier alpha value is -0.290. The summed E-state index contributed by atoms with van der Waals surface area (Å²) in [6.07, 6.45) is 2.33. The van der Waals surface area contributed by atoms with Gasteiger partial charge in [0.05, 0.1) is 3.57 Å². The number of aromatic hydroxyl groups is 1. The molecule has 0 fully saturated rings. The van der Waals surface area contributed by atoms with Crippen LogP contribution in [0.15, 0.2) is 6.07 Å². The van der Waals surface area contributed by atoms with Crippen molar-refractivity contribution in [2.24, 2.45) is 0 Å². The molecule has 0 radical (unpaired) electrons. The number of hydrogen-bond acceptors (Lipinski definition) is 2. The van der Waals surface area contributed by atoms with Gasteiger partial charge < -0.3 is 10.4 Å². The van der Waals surface area contributed by atoms with Crippen LogP contribution < -0.4 is 5.32 Å². The van der Waals surface area contributed by atoms with E-state index >= 15 is 0 Å². The highest BCUT2D eigenvalue weighted by molar-refractivity contribution is 14.1. The molecule has 0 aromatic heterocycles. The van der Waals surface area contributed by atoms with Gasteiger partial charge in [-0.05, 0) is 59.5 Å². The maximum absolute atomic E-state index is 10.0. The van der Waals surface area contributed by atoms with Gasteiger partial charge in [0, 0.05) is 12.1 Å². The first-order valence-electron chi connectivity index (χ1n) is 5.32. The van der Waals surface area contributed by atoms with Gasteiger partial charge >= 0.3 is 0 Å². The third-order valence-corrected chi connectivity index (χ3v) is 4.34. The number of halogens is 1. The highest BCUT2D eigenvalue weighted by Gasteiger charge is 2.24. The van der Waals surface area contributed by atoms with Crippen LogP contribution in [-0.4, -0.2) is 12.2 Å². The van der Waals surface area contributed by atoms with E-state index in [1.165, 1.54) is 17.5 Å². The van der Waals surface area contributed by atoms with Crippen LogP contribution >= 0.6 is 22.6 Å². The molecule has 3 heteroatoms. The molecule has 0 amide bonds. The highest BCUT2D eigenvalue weighted by Crippen LogP contribution is 2.40. The normalized spacial score (nSPS) is 19.3. The summed E-state index contributed by atoms with van der Waals surface area (Å²) >= 11 is 2.27. The second kappa shape index (κ2) is 4.29. The first-order valence-corrected chi connectivity index (χ1v) is 6.40. The first-order chi connectivity index (χ1) is 7.15. The third kappa shape index (κ3) is 1.87. The van der Waals surface area contributed by atoms with E-state index in [1.54, 1.807) is 0 Å². The Labute approximate surface area is 104 Å². The number of benzene rings is 1. The van der Waals surface area contributed by atoms with Crippen molar-refractivity contribution in [2.45, 2.75) is 32.2 Å². The van der Waals surface area contributed by atoms with Gasteiger partial charge in [0.25, 0.3) is 0 Å². The lowest BCUT2D eigenvalue weighted by atomic mass is 10.00. The number of fused-ring (bicyclic) bond motifs is 1. The molecule has 2 nitrogen and oxygen atoms in total. The molecule has 0 spiro atoms. The van der Waals surface area contributed by atoms with Crippen LogP contribution in [0.2, 0.25) is 0 Å². The van der Waals surface area contributed by atoms with Crippen molar-refractivity contribution in [3.05, 3.63) is 26.3 Å². The van der Waals surface area contributed by atoms with Crippen molar-refractivity contribution in [1.82, 2.24) is 5.32 Å². The Morgan fingerprint density at radius 2 is 2.33 bits per heavy atom. The minimum atomic E-state index is 0.470. The van der Waals surface area contributed by atoms with E-state index < -0.39 is 0 Å². The SMILES string of the molecule is CNCc1cc2c(c(I)c1O)CCC2C. The Morgan fingerprint density at radius 3 is 3.00 bits per heavy atom. The molecule has 0 saturated heterocycles. The minimum Gasteiger partial charge on any atom is -0.506 e. The lowest BCUT2D eigenvalue weighted by Crippen LogP contribution is -2.07. The zero-order chi connectivity index (χ0) is 11.0. The zero-order valence-electron chi connectivity index (χ0n) is 9.10. The lowest BCUT2D eigenvalue weighted by molar-refractivity contribution is 0.461. The number of hydrogen-bond donors (Lipinski definition) is 2. The Bertz CT molecular complexity index is 390. The third-order valence-electron chi connectivity index (χ3n) is 3.18. The predicted octanol–water partition coefficient (Wildman–Crippen LogP) is 2.77. The summed E-state index contributed by atoms with van der Waals surface area (Å²) in [5, 5.41) is 13.1. The largest absolute Gasteiger partial charge is 0.506 e. The molecule has 15 heavy (non-hydrogen) atoms. The molecule has 1 aliphatic carbocycles. The van der Waals surface area contributed by atoms with Crippen LogP contribution in [0.4, 0.5) is 0 Å². The van der Waals surface area contributed by atoms with Crippen LogP contribution in [0.1, 0.15) is 36.0 Å². The van der Waals surface area contributed by atoms with Crippen molar-refractivity contribution in [3.63, 3.8) is 0 Å². The van der Waals surface area contributed by atoms with E-state index in [2.05, 4.69) is 40.9 Å². The van der Waals surface area contributed by atoms with Crippen LogP contribution in [0.5, 0.6) is 5.75 Å². The monoisotopic (exact) mass is 317 g/mol. The standard InChI is InChI=1S/C12H16INO/c1-7-3-4-9-10(7)5-8(6-14-2)12(15)11(9)13/h5,7,14-15H,3-4,6H2,1-2H3. The van der Waals surface area contributed by atoms with E-state index in [1.807, 2.05) is 7.05 Å². The van der Waals surface area contributed by atoms with Gasteiger partial charge in [-0.1, -0.05) is 13.0 Å². The molecule has 1 aliphatic rings. The highest BCUT2D eigenvalue weighted by atomic mass is 127. The van der Waals surface area contributed by atoms with E-state index in [-0.39, 0.29) is 0 Å². The van der Waals surface area contributed by atoms with Gasteiger partial charge in [-0.3, -0.25) is 0 Å². The zero-order valence-corrected chi connectivity index (χ0v) is 11.3. The molecule has 0 heterocycles. The Kier molecular flexibility index (Phi) is 3.21.